The molecule has 1 saturated heterocycles. The van der Waals surface area contributed by atoms with E-state index in [0.717, 1.165) is 33.4 Å². The number of anilines is 1. The van der Waals surface area contributed by atoms with Gasteiger partial charge < -0.3 is 14.8 Å². The molecule has 1 heterocycles. The van der Waals surface area contributed by atoms with Crippen LogP contribution in [0.2, 0.25) is 10.0 Å². The zero-order valence-corrected chi connectivity index (χ0v) is 25.8. The summed E-state index contributed by atoms with van der Waals surface area (Å²) in [5.74, 6) is -0.0969. The Morgan fingerprint density at radius 2 is 1.88 bits per heavy atom. The molecular formula is C29H25BrCl2N2O5S. The maximum Gasteiger partial charge on any atom is 0.294 e. The summed E-state index contributed by atoms with van der Waals surface area (Å²) in [6.07, 6.45) is 1.58. The van der Waals surface area contributed by atoms with Crippen molar-refractivity contribution in [3.05, 3.63) is 90.2 Å². The first-order valence-electron chi connectivity index (χ1n) is 12.2. The van der Waals surface area contributed by atoms with Crippen LogP contribution in [0.25, 0.3) is 6.08 Å². The molecule has 208 valence electrons. The first-order valence-corrected chi connectivity index (χ1v) is 14.6. The summed E-state index contributed by atoms with van der Waals surface area (Å²) in [5, 5.41) is 3.28. The highest BCUT2D eigenvalue weighted by Crippen LogP contribution is 2.40. The second kappa shape index (κ2) is 13.1. The van der Waals surface area contributed by atoms with E-state index in [1.54, 1.807) is 42.5 Å². The highest BCUT2D eigenvalue weighted by atomic mass is 79.9. The number of hydrogen-bond donors (Lipinski definition) is 1. The highest BCUT2D eigenvalue weighted by Gasteiger charge is 2.36. The quantitative estimate of drug-likeness (QED) is 0.233. The number of amides is 3. The van der Waals surface area contributed by atoms with Crippen molar-refractivity contribution in [1.29, 1.82) is 0 Å². The molecule has 1 N–H and O–H groups in total. The number of imide groups is 1. The minimum absolute atomic E-state index is 0.178. The predicted octanol–water partition coefficient (Wildman–Crippen LogP) is 8.03. The topological polar surface area (TPSA) is 84.9 Å². The summed E-state index contributed by atoms with van der Waals surface area (Å²) in [6.45, 7) is 5.84. The standard InChI is InChI=1S/C29H25BrCl2N2O5S/c1-4-38-24-11-18(10-21(30)27(24)39-15-19-8-9-20(31)13-22(19)32)12-25-28(36)34(29(37)40-25)14-26(35)33-23-7-5-6-16(2)17(23)3/h5-13H,4,14-15H2,1-3H3,(H,33,35)/b25-12-. The fourth-order valence-electron chi connectivity index (χ4n) is 3.87. The second-order valence-electron chi connectivity index (χ2n) is 8.85. The number of aryl methyl sites for hydroxylation is 1. The van der Waals surface area contributed by atoms with Crippen molar-refractivity contribution in [2.45, 2.75) is 27.4 Å². The number of carbonyl (C=O) groups excluding carboxylic acids is 3. The van der Waals surface area contributed by atoms with Gasteiger partial charge in [0.25, 0.3) is 11.1 Å². The number of carbonyl (C=O) groups is 3. The third kappa shape index (κ3) is 7.01. The summed E-state index contributed by atoms with van der Waals surface area (Å²) < 4.78 is 12.4. The SMILES string of the molecule is CCOc1cc(/C=C2\SC(=O)N(CC(=O)Nc3cccc(C)c3C)C2=O)cc(Br)c1OCc1ccc(Cl)cc1Cl. The van der Waals surface area contributed by atoms with E-state index in [1.165, 1.54) is 0 Å². The van der Waals surface area contributed by atoms with Gasteiger partial charge in [-0.15, -0.1) is 0 Å². The Bertz CT molecular complexity index is 1530. The maximum atomic E-state index is 13.1. The van der Waals surface area contributed by atoms with Crippen LogP contribution in [0.5, 0.6) is 11.5 Å². The van der Waals surface area contributed by atoms with Crippen molar-refractivity contribution < 1.29 is 23.9 Å². The number of thioether (sulfide) groups is 1. The van der Waals surface area contributed by atoms with Gasteiger partial charge in [-0.2, -0.15) is 0 Å². The van der Waals surface area contributed by atoms with Crippen molar-refractivity contribution in [3.8, 4) is 11.5 Å². The lowest BCUT2D eigenvalue weighted by Crippen LogP contribution is -2.36. The zero-order valence-electron chi connectivity index (χ0n) is 21.8. The molecule has 1 aliphatic rings. The van der Waals surface area contributed by atoms with E-state index >= 15 is 0 Å². The Kier molecular flexibility index (Phi) is 9.84. The molecule has 0 aliphatic carbocycles. The largest absolute Gasteiger partial charge is 0.490 e. The minimum Gasteiger partial charge on any atom is -0.490 e. The lowest BCUT2D eigenvalue weighted by atomic mass is 10.1. The minimum atomic E-state index is -0.544. The first kappa shape index (κ1) is 30.0. The summed E-state index contributed by atoms with van der Waals surface area (Å²) >= 11 is 16.6. The molecule has 0 radical (unpaired) electrons. The van der Waals surface area contributed by atoms with Crippen molar-refractivity contribution in [2.24, 2.45) is 0 Å². The normalized spacial score (nSPS) is 14.2. The smallest absolute Gasteiger partial charge is 0.294 e. The van der Waals surface area contributed by atoms with Gasteiger partial charge in [0.1, 0.15) is 13.2 Å². The fourth-order valence-corrected chi connectivity index (χ4v) is 5.75. The van der Waals surface area contributed by atoms with Crippen LogP contribution >= 0.6 is 50.9 Å². The Balaban J connectivity index is 1.50. The molecule has 1 fully saturated rings. The number of nitrogens with one attached hydrogen (secondary N) is 1. The van der Waals surface area contributed by atoms with Gasteiger partial charge in [-0.05, 0) is 102 Å². The Labute approximate surface area is 254 Å². The van der Waals surface area contributed by atoms with Gasteiger partial charge >= 0.3 is 0 Å². The van der Waals surface area contributed by atoms with Crippen molar-refractivity contribution in [2.75, 3.05) is 18.5 Å². The van der Waals surface area contributed by atoms with Crippen LogP contribution in [-0.4, -0.2) is 35.1 Å². The van der Waals surface area contributed by atoms with E-state index in [2.05, 4.69) is 21.2 Å². The van der Waals surface area contributed by atoms with Gasteiger partial charge in [-0.1, -0.05) is 41.4 Å². The van der Waals surface area contributed by atoms with Crippen LogP contribution in [0, 0.1) is 13.8 Å². The van der Waals surface area contributed by atoms with E-state index in [9.17, 15) is 14.4 Å². The van der Waals surface area contributed by atoms with Gasteiger partial charge in [0.05, 0.1) is 16.0 Å². The molecule has 3 aromatic rings. The molecule has 11 heteroatoms. The molecule has 3 aromatic carbocycles. The molecule has 3 amide bonds. The third-order valence-electron chi connectivity index (χ3n) is 6.07. The van der Waals surface area contributed by atoms with Gasteiger partial charge in [0.15, 0.2) is 11.5 Å². The molecule has 40 heavy (non-hydrogen) atoms. The predicted molar refractivity (Wildman–Crippen MR) is 163 cm³/mol. The van der Waals surface area contributed by atoms with Gasteiger partial charge in [-0.3, -0.25) is 19.3 Å². The number of hydrogen-bond acceptors (Lipinski definition) is 6. The summed E-state index contributed by atoms with van der Waals surface area (Å²) in [5.41, 5.74) is 3.94. The average molecular weight is 664 g/mol. The highest BCUT2D eigenvalue weighted by molar-refractivity contribution is 9.10. The van der Waals surface area contributed by atoms with Crippen LogP contribution in [0.1, 0.15) is 29.2 Å². The molecular weight excluding hydrogens is 639 g/mol. The number of halogens is 3. The van der Waals surface area contributed by atoms with Crippen LogP contribution in [0.4, 0.5) is 10.5 Å². The molecule has 0 bridgehead atoms. The van der Waals surface area contributed by atoms with Crippen LogP contribution < -0.4 is 14.8 Å². The molecule has 0 atom stereocenters. The molecule has 4 rings (SSSR count). The van der Waals surface area contributed by atoms with E-state index in [1.807, 2.05) is 32.9 Å². The van der Waals surface area contributed by atoms with Gasteiger partial charge in [0.2, 0.25) is 5.91 Å². The number of nitrogens with zero attached hydrogens (tertiary/aromatic N) is 1. The van der Waals surface area contributed by atoms with E-state index in [4.69, 9.17) is 32.7 Å². The molecule has 0 aromatic heterocycles. The summed E-state index contributed by atoms with van der Waals surface area (Å²) in [7, 11) is 0. The maximum absolute atomic E-state index is 13.1. The van der Waals surface area contributed by atoms with Crippen molar-refractivity contribution >= 4 is 79.7 Å². The summed E-state index contributed by atoms with van der Waals surface area (Å²) in [6, 6.07) is 14.2. The van der Waals surface area contributed by atoms with E-state index < -0.39 is 17.1 Å². The molecule has 0 unspecified atom stereocenters. The number of benzene rings is 3. The average Bonchev–Trinajstić information content (AvgIpc) is 3.14. The van der Waals surface area contributed by atoms with Crippen molar-refractivity contribution in [1.82, 2.24) is 4.90 Å². The summed E-state index contributed by atoms with van der Waals surface area (Å²) in [4.78, 5) is 39.5. The molecule has 7 nitrogen and oxygen atoms in total. The van der Waals surface area contributed by atoms with Crippen LogP contribution in [0.15, 0.2) is 57.9 Å². The third-order valence-corrected chi connectivity index (χ3v) is 8.15. The van der Waals surface area contributed by atoms with Crippen molar-refractivity contribution in [3.63, 3.8) is 0 Å². The van der Waals surface area contributed by atoms with Gasteiger partial charge in [0, 0.05) is 21.3 Å². The number of rotatable bonds is 9. The van der Waals surface area contributed by atoms with Gasteiger partial charge in [-0.25, -0.2) is 0 Å². The van der Waals surface area contributed by atoms with E-state index in [0.29, 0.717) is 43.9 Å². The lowest BCUT2D eigenvalue weighted by molar-refractivity contribution is -0.127. The second-order valence-corrected chi connectivity index (χ2v) is 11.5. The Morgan fingerprint density at radius 1 is 1.10 bits per heavy atom. The molecule has 1 aliphatic heterocycles. The first-order chi connectivity index (χ1) is 19.1. The lowest BCUT2D eigenvalue weighted by Gasteiger charge is -2.15. The zero-order chi connectivity index (χ0) is 29.0. The monoisotopic (exact) mass is 662 g/mol. The van der Waals surface area contributed by atoms with E-state index in [-0.39, 0.29) is 18.1 Å². The molecule has 0 spiro atoms. The Hall–Kier alpha value is -2.98. The number of ether oxygens (including phenoxy) is 2. The van der Waals surface area contributed by atoms with Crippen LogP contribution in [-0.2, 0) is 16.2 Å². The fraction of sp³-hybridized carbons (Fsp3) is 0.207. The molecule has 0 saturated carbocycles. The Morgan fingerprint density at radius 3 is 2.60 bits per heavy atom. The van der Waals surface area contributed by atoms with Crippen LogP contribution in [0.3, 0.4) is 0 Å².